The van der Waals surface area contributed by atoms with Crippen LogP contribution in [-0.4, -0.2) is 60.2 Å². The fourth-order valence-electron chi connectivity index (χ4n) is 2.94. The Kier molecular flexibility index (Phi) is 5.44. The van der Waals surface area contributed by atoms with Gasteiger partial charge in [-0.3, -0.25) is 9.59 Å². The highest BCUT2D eigenvalue weighted by molar-refractivity contribution is 5.81. The average molecular weight is 336 g/mol. The zero-order chi connectivity index (χ0) is 16.9. The van der Waals surface area contributed by atoms with Gasteiger partial charge in [-0.25, -0.2) is 0 Å². The Morgan fingerprint density at radius 2 is 2.21 bits per heavy atom. The molecule has 3 rings (SSSR count). The number of piperidine rings is 1. The molecular weight excluding hydrogens is 312 g/mol. The van der Waals surface area contributed by atoms with Crippen LogP contribution in [0.2, 0.25) is 0 Å². The molecule has 1 saturated heterocycles. The lowest BCUT2D eigenvalue weighted by atomic mass is 9.97. The molecule has 0 aromatic carbocycles. The molecule has 1 aliphatic carbocycles. The first-order valence-corrected chi connectivity index (χ1v) is 8.54. The van der Waals surface area contributed by atoms with Gasteiger partial charge in [-0.05, 0) is 25.7 Å². The second-order valence-corrected chi connectivity index (χ2v) is 6.48. The monoisotopic (exact) mass is 336 g/mol. The smallest absolute Gasteiger partial charge is 0.248 e. The minimum Gasteiger partial charge on any atom is -0.375 e. The van der Waals surface area contributed by atoms with E-state index in [0.29, 0.717) is 37.8 Å². The van der Waals surface area contributed by atoms with Crippen LogP contribution in [0.3, 0.4) is 0 Å². The molecule has 8 heteroatoms. The summed E-state index contributed by atoms with van der Waals surface area (Å²) in [5.41, 5.74) is 0. The van der Waals surface area contributed by atoms with Gasteiger partial charge in [0.2, 0.25) is 17.7 Å². The third kappa shape index (κ3) is 4.31. The van der Waals surface area contributed by atoms with E-state index in [1.54, 1.807) is 4.90 Å². The van der Waals surface area contributed by atoms with Gasteiger partial charge in [-0.15, -0.1) is 0 Å². The van der Waals surface area contributed by atoms with Crippen molar-refractivity contribution < 1.29 is 18.8 Å². The standard InChI is InChI=1S/C16H24N4O4/c1-23-10-14(21)20-8-2-3-12(9-20)15(22)17-7-6-13-18-16(24-19-13)11-4-5-11/h11-12H,2-10H2,1H3,(H,17,22)/t12-/m0/s1. The molecule has 1 aliphatic heterocycles. The van der Waals surface area contributed by atoms with E-state index >= 15 is 0 Å². The lowest BCUT2D eigenvalue weighted by Gasteiger charge is -2.31. The summed E-state index contributed by atoms with van der Waals surface area (Å²) < 4.78 is 10.1. The van der Waals surface area contributed by atoms with Crippen molar-refractivity contribution in [2.24, 2.45) is 5.92 Å². The third-order valence-electron chi connectivity index (χ3n) is 4.47. The van der Waals surface area contributed by atoms with Crippen molar-refractivity contribution in [1.82, 2.24) is 20.4 Å². The molecule has 0 bridgehead atoms. The normalized spacial score (nSPS) is 20.9. The van der Waals surface area contributed by atoms with Crippen LogP contribution in [0.4, 0.5) is 0 Å². The summed E-state index contributed by atoms with van der Waals surface area (Å²) in [7, 11) is 1.50. The Morgan fingerprint density at radius 3 is 2.96 bits per heavy atom. The SMILES string of the molecule is COCC(=O)N1CCC[C@H](C(=O)NCCc2noc(C3CC3)n2)C1. The van der Waals surface area contributed by atoms with Gasteiger partial charge >= 0.3 is 0 Å². The highest BCUT2D eigenvalue weighted by Gasteiger charge is 2.30. The minimum atomic E-state index is -0.160. The van der Waals surface area contributed by atoms with Crippen LogP contribution >= 0.6 is 0 Å². The molecule has 1 atom stereocenters. The average Bonchev–Trinajstić information content (AvgIpc) is 3.34. The quantitative estimate of drug-likeness (QED) is 0.778. The van der Waals surface area contributed by atoms with Crippen molar-refractivity contribution in [1.29, 1.82) is 0 Å². The van der Waals surface area contributed by atoms with E-state index < -0.39 is 0 Å². The van der Waals surface area contributed by atoms with Gasteiger partial charge in [0, 0.05) is 39.1 Å². The zero-order valence-corrected chi connectivity index (χ0v) is 14.0. The van der Waals surface area contributed by atoms with E-state index in [9.17, 15) is 9.59 Å². The van der Waals surface area contributed by atoms with Gasteiger partial charge in [-0.1, -0.05) is 5.16 Å². The van der Waals surface area contributed by atoms with Crippen LogP contribution in [0, 0.1) is 5.92 Å². The molecule has 1 aromatic rings. The predicted molar refractivity (Wildman–Crippen MR) is 84.2 cm³/mol. The number of hydrogen-bond acceptors (Lipinski definition) is 6. The molecule has 2 heterocycles. The Morgan fingerprint density at radius 1 is 1.38 bits per heavy atom. The number of nitrogens with one attached hydrogen (secondary N) is 1. The van der Waals surface area contributed by atoms with Crippen molar-refractivity contribution in [3.8, 4) is 0 Å². The maximum absolute atomic E-state index is 12.3. The number of methoxy groups -OCH3 is 1. The molecule has 1 aromatic heterocycles. The highest BCUT2D eigenvalue weighted by atomic mass is 16.5. The first-order chi connectivity index (χ1) is 11.7. The van der Waals surface area contributed by atoms with Crippen molar-refractivity contribution in [3.05, 3.63) is 11.7 Å². The number of hydrogen-bond donors (Lipinski definition) is 1. The summed E-state index contributed by atoms with van der Waals surface area (Å²) in [4.78, 5) is 30.2. The molecule has 2 amide bonds. The summed E-state index contributed by atoms with van der Waals surface area (Å²) in [5, 5.41) is 6.85. The van der Waals surface area contributed by atoms with Crippen molar-refractivity contribution in [3.63, 3.8) is 0 Å². The molecule has 1 saturated carbocycles. The lowest BCUT2D eigenvalue weighted by molar-refractivity contribution is -0.138. The molecule has 0 spiro atoms. The number of amides is 2. The number of aromatic nitrogens is 2. The third-order valence-corrected chi connectivity index (χ3v) is 4.47. The summed E-state index contributed by atoms with van der Waals surface area (Å²) in [6.45, 7) is 1.70. The van der Waals surface area contributed by atoms with Crippen LogP contribution in [0.15, 0.2) is 4.52 Å². The molecule has 132 valence electrons. The molecule has 0 unspecified atom stereocenters. The van der Waals surface area contributed by atoms with Crippen LogP contribution in [0.25, 0.3) is 0 Å². The number of carbonyl (C=O) groups is 2. The van der Waals surface area contributed by atoms with Gasteiger partial charge in [0.05, 0.1) is 5.92 Å². The van der Waals surface area contributed by atoms with Gasteiger partial charge in [-0.2, -0.15) is 4.98 Å². The Bertz CT molecular complexity index is 584. The van der Waals surface area contributed by atoms with Crippen molar-refractivity contribution >= 4 is 11.8 Å². The van der Waals surface area contributed by atoms with E-state index in [1.807, 2.05) is 0 Å². The summed E-state index contributed by atoms with van der Waals surface area (Å²) in [6.07, 6.45) is 4.44. The highest BCUT2D eigenvalue weighted by Crippen LogP contribution is 2.38. The van der Waals surface area contributed by atoms with Crippen LogP contribution < -0.4 is 5.32 Å². The molecule has 2 aliphatic rings. The second kappa shape index (κ2) is 7.74. The van der Waals surface area contributed by atoms with Gasteiger partial charge in [0.1, 0.15) is 6.61 Å². The maximum Gasteiger partial charge on any atom is 0.248 e. The molecular formula is C16H24N4O4. The summed E-state index contributed by atoms with van der Waals surface area (Å²) >= 11 is 0. The van der Waals surface area contributed by atoms with Crippen LogP contribution in [0.5, 0.6) is 0 Å². The number of likely N-dealkylation sites (tertiary alicyclic amines) is 1. The number of nitrogens with zero attached hydrogens (tertiary/aromatic N) is 3. The zero-order valence-electron chi connectivity index (χ0n) is 14.0. The van der Waals surface area contributed by atoms with Crippen molar-refractivity contribution in [2.45, 2.75) is 38.0 Å². The maximum atomic E-state index is 12.3. The van der Waals surface area contributed by atoms with E-state index in [1.165, 1.54) is 7.11 Å². The second-order valence-electron chi connectivity index (χ2n) is 6.48. The van der Waals surface area contributed by atoms with Gasteiger partial charge in [0.15, 0.2) is 5.82 Å². The molecule has 1 N–H and O–H groups in total. The van der Waals surface area contributed by atoms with Crippen LogP contribution in [-0.2, 0) is 20.7 Å². The molecule has 8 nitrogen and oxygen atoms in total. The van der Waals surface area contributed by atoms with Gasteiger partial charge in [0.25, 0.3) is 0 Å². The van der Waals surface area contributed by atoms with E-state index in [2.05, 4.69) is 15.5 Å². The summed E-state index contributed by atoms with van der Waals surface area (Å²) in [5.74, 6) is 1.56. The minimum absolute atomic E-state index is 0.0178. The molecule has 2 fully saturated rings. The number of ether oxygens (including phenoxy) is 1. The lowest BCUT2D eigenvalue weighted by Crippen LogP contribution is -2.46. The molecule has 0 radical (unpaired) electrons. The first-order valence-electron chi connectivity index (χ1n) is 8.54. The fraction of sp³-hybridized carbons (Fsp3) is 0.750. The Labute approximate surface area is 140 Å². The van der Waals surface area contributed by atoms with Crippen LogP contribution in [0.1, 0.15) is 43.3 Å². The largest absolute Gasteiger partial charge is 0.375 e. The topological polar surface area (TPSA) is 97.6 Å². The van der Waals surface area contributed by atoms with E-state index in [0.717, 1.165) is 31.6 Å². The number of carbonyl (C=O) groups excluding carboxylic acids is 2. The Hall–Kier alpha value is -1.96. The number of rotatable bonds is 7. The molecule has 24 heavy (non-hydrogen) atoms. The van der Waals surface area contributed by atoms with Gasteiger partial charge < -0.3 is 19.5 Å². The predicted octanol–water partition coefficient (Wildman–Crippen LogP) is 0.491. The van der Waals surface area contributed by atoms with E-state index in [4.69, 9.17) is 9.26 Å². The Balaban J connectivity index is 1.41. The van der Waals surface area contributed by atoms with Crippen molar-refractivity contribution in [2.75, 3.05) is 33.4 Å². The summed E-state index contributed by atoms with van der Waals surface area (Å²) in [6, 6.07) is 0. The van der Waals surface area contributed by atoms with E-state index in [-0.39, 0.29) is 24.3 Å². The fourth-order valence-corrected chi connectivity index (χ4v) is 2.94. The first kappa shape index (κ1) is 16.9.